The van der Waals surface area contributed by atoms with Crippen LogP contribution in [0.1, 0.15) is 34.3 Å². The Hall–Kier alpha value is -2.67. The molecule has 1 saturated heterocycles. The topological polar surface area (TPSA) is 78.8 Å². The van der Waals surface area contributed by atoms with E-state index in [9.17, 15) is 13.2 Å². The lowest BCUT2D eigenvalue weighted by Gasteiger charge is -2.30. The summed E-state index contributed by atoms with van der Waals surface area (Å²) in [5.74, 6) is 0.446. The van der Waals surface area contributed by atoms with E-state index in [2.05, 4.69) is 9.71 Å². The zero-order chi connectivity index (χ0) is 19.0. The molecule has 6 nitrogen and oxygen atoms in total. The van der Waals surface area contributed by atoms with Crippen LogP contribution in [0.3, 0.4) is 0 Å². The van der Waals surface area contributed by atoms with Crippen LogP contribution in [-0.2, 0) is 10.0 Å². The average Bonchev–Trinajstić information content (AvgIpc) is 2.93. The second-order valence-corrected chi connectivity index (χ2v) is 8.62. The number of nitrogens with zero attached hydrogens (tertiary/aromatic N) is 2. The lowest BCUT2D eigenvalue weighted by Crippen LogP contribution is -2.40. The van der Waals surface area contributed by atoms with Crippen LogP contribution in [0.2, 0.25) is 0 Å². The van der Waals surface area contributed by atoms with Crippen molar-refractivity contribution in [2.75, 3.05) is 13.1 Å². The molecule has 140 valence electrons. The molecule has 4 rings (SSSR count). The molecule has 1 amide bonds. The van der Waals surface area contributed by atoms with E-state index in [-0.39, 0.29) is 16.8 Å². The fraction of sp³-hybridized carbons (Fsp3) is 0.300. The molecule has 0 aromatic heterocycles. The maximum atomic E-state index is 12.6. The number of likely N-dealkylation sites (tertiary alicyclic amines) is 1. The summed E-state index contributed by atoms with van der Waals surface area (Å²) < 4.78 is 26.9. The number of amidine groups is 1. The third-order valence-electron chi connectivity index (χ3n) is 5.02. The van der Waals surface area contributed by atoms with E-state index < -0.39 is 10.0 Å². The highest BCUT2D eigenvalue weighted by molar-refractivity contribution is 7.90. The molecule has 1 fully saturated rings. The van der Waals surface area contributed by atoms with Crippen molar-refractivity contribution in [2.24, 2.45) is 4.99 Å². The van der Waals surface area contributed by atoms with Gasteiger partial charge in [-0.2, -0.15) is 0 Å². The lowest BCUT2D eigenvalue weighted by molar-refractivity contribution is 0.0715. The van der Waals surface area contributed by atoms with Gasteiger partial charge in [0.25, 0.3) is 15.9 Å². The van der Waals surface area contributed by atoms with E-state index in [1.54, 1.807) is 24.3 Å². The fourth-order valence-electron chi connectivity index (χ4n) is 3.49. The summed E-state index contributed by atoms with van der Waals surface area (Å²) in [6, 6.07) is 14.4. The van der Waals surface area contributed by atoms with Gasteiger partial charge in [-0.15, -0.1) is 0 Å². The number of carbonyl (C=O) groups is 1. The van der Waals surface area contributed by atoms with Gasteiger partial charge in [-0.25, -0.2) is 8.42 Å². The van der Waals surface area contributed by atoms with Crippen LogP contribution < -0.4 is 4.72 Å². The SMILES string of the molecule is Cc1ccc(C(=O)N2CCC(N=C3NS(=O)(=O)c4ccccc43)CC2)cc1. The minimum Gasteiger partial charge on any atom is -0.338 e. The zero-order valence-electron chi connectivity index (χ0n) is 15.1. The van der Waals surface area contributed by atoms with Crippen molar-refractivity contribution in [3.05, 3.63) is 65.2 Å². The van der Waals surface area contributed by atoms with Gasteiger partial charge < -0.3 is 4.90 Å². The van der Waals surface area contributed by atoms with Crippen molar-refractivity contribution < 1.29 is 13.2 Å². The Kier molecular flexibility index (Phi) is 4.47. The summed E-state index contributed by atoms with van der Waals surface area (Å²) in [4.78, 5) is 19.4. The highest BCUT2D eigenvalue weighted by atomic mass is 32.2. The summed E-state index contributed by atoms with van der Waals surface area (Å²) >= 11 is 0. The number of piperidine rings is 1. The number of carbonyl (C=O) groups excluding carboxylic acids is 1. The largest absolute Gasteiger partial charge is 0.338 e. The van der Waals surface area contributed by atoms with Crippen LogP contribution in [0, 0.1) is 6.92 Å². The Bertz CT molecular complexity index is 1010. The molecule has 0 atom stereocenters. The van der Waals surface area contributed by atoms with Gasteiger partial charge >= 0.3 is 0 Å². The highest BCUT2D eigenvalue weighted by Crippen LogP contribution is 2.24. The van der Waals surface area contributed by atoms with E-state index >= 15 is 0 Å². The summed E-state index contributed by atoms with van der Waals surface area (Å²) in [7, 11) is -3.51. The number of hydrogen-bond donors (Lipinski definition) is 1. The molecule has 0 spiro atoms. The Labute approximate surface area is 159 Å². The number of aryl methyl sites for hydroxylation is 1. The number of aliphatic imine (C=N–C) groups is 1. The van der Waals surface area contributed by atoms with Crippen molar-refractivity contribution in [1.82, 2.24) is 9.62 Å². The summed E-state index contributed by atoms with van der Waals surface area (Å²) in [5, 5.41) is 0. The number of sulfonamides is 1. The van der Waals surface area contributed by atoms with Gasteiger partial charge in [-0.05, 0) is 44.0 Å². The van der Waals surface area contributed by atoms with Crippen molar-refractivity contribution >= 4 is 21.8 Å². The van der Waals surface area contributed by atoms with E-state index in [0.29, 0.717) is 42.9 Å². The van der Waals surface area contributed by atoms with Crippen LogP contribution in [0.4, 0.5) is 0 Å². The molecule has 2 aliphatic rings. The molecule has 2 aromatic rings. The van der Waals surface area contributed by atoms with Crippen LogP contribution in [-0.4, -0.2) is 44.2 Å². The van der Waals surface area contributed by atoms with Gasteiger partial charge in [0.2, 0.25) is 0 Å². The van der Waals surface area contributed by atoms with Gasteiger partial charge in [0.05, 0.1) is 10.9 Å². The molecule has 0 aliphatic carbocycles. The predicted molar refractivity (Wildman–Crippen MR) is 103 cm³/mol. The standard InChI is InChI=1S/C20H21N3O3S/c1-14-6-8-15(9-7-14)20(24)23-12-10-16(11-13-23)21-19-17-4-2-3-5-18(17)27(25,26)22-19/h2-9,16H,10-13H2,1H3,(H,21,22). The molecular formula is C20H21N3O3S. The first-order valence-corrected chi connectivity index (χ1v) is 10.5. The van der Waals surface area contributed by atoms with Crippen LogP contribution in [0.5, 0.6) is 0 Å². The van der Waals surface area contributed by atoms with E-state index in [1.807, 2.05) is 36.1 Å². The first kappa shape index (κ1) is 17.7. The molecule has 2 aliphatic heterocycles. The van der Waals surface area contributed by atoms with E-state index in [1.165, 1.54) is 0 Å². The Morgan fingerprint density at radius 3 is 2.44 bits per heavy atom. The molecule has 2 aromatic carbocycles. The number of nitrogens with one attached hydrogen (secondary N) is 1. The van der Waals surface area contributed by atoms with Crippen molar-refractivity contribution in [1.29, 1.82) is 0 Å². The van der Waals surface area contributed by atoms with Crippen molar-refractivity contribution in [2.45, 2.75) is 30.7 Å². The van der Waals surface area contributed by atoms with Crippen LogP contribution in [0.25, 0.3) is 0 Å². The van der Waals surface area contributed by atoms with E-state index in [0.717, 1.165) is 5.56 Å². The molecule has 2 heterocycles. The molecule has 1 N–H and O–H groups in total. The molecule has 0 bridgehead atoms. The molecule has 0 radical (unpaired) electrons. The number of hydrogen-bond acceptors (Lipinski definition) is 4. The molecule has 0 saturated carbocycles. The summed E-state index contributed by atoms with van der Waals surface area (Å²) in [6.45, 7) is 3.22. The molecule has 7 heteroatoms. The highest BCUT2D eigenvalue weighted by Gasteiger charge is 2.31. The number of fused-ring (bicyclic) bond motifs is 1. The molecule has 0 unspecified atom stereocenters. The minimum absolute atomic E-state index is 0.00377. The Morgan fingerprint density at radius 1 is 1.07 bits per heavy atom. The first-order valence-electron chi connectivity index (χ1n) is 9.00. The van der Waals surface area contributed by atoms with Gasteiger partial charge in [-0.1, -0.05) is 29.8 Å². The monoisotopic (exact) mass is 383 g/mol. The molecule has 27 heavy (non-hydrogen) atoms. The third-order valence-corrected chi connectivity index (χ3v) is 6.42. The number of benzene rings is 2. The Morgan fingerprint density at radius 2 is 1.74 bits per heavy atom. The number of amides is 1. The molecular weight excluding hydrogens is 362 g/mol. The van der Waals surface area contributed by atoms with Gasteiger partial charge in [0.15, 0.2) is 0 Å². The quantitative estimate of drug-likeness (QED) is 0.865. The van der Waals surface area contributed by atoms with Crippen molar-refractivity contribution in [3.8, 4) is 0 Å². The first-order chi connectivity index (χ1) is 12.9. The van der Waals surface area contributed by atoms with Crippen molar-refractivity contribution in [3.63, 3.8) is 0 Å². The lowest BCUT2D eigenvalue weighted by atomic mass is 10.0. The van der Waals surface area contributed by atoms with Gasteiger partial charge in [-0.3, -0.25) is 14.5 Å². The van der Waals surface area contributed by atoms with Crippen LogP contribution in [0.15, 0.2) is 58.4 Å². The second kappa shape index (κ2) is 6.81. The van der Waals surface area contributed by atoms with Crippen LogP contribution >= 0.6 is 0 Å². The fourth-order valence-corrected chi connectivity index (χ4v) is 4.73. The second-order valence-electron chi connectivity index (χ2n) is 6.97. The predicted octanol–water partition coefficient (Wildman–Crippen LogP) is 2.34. The normalized spacial score (nSPS) is 20.3. The smallest absolute Gasteiger partial charge is 0.263 e. The summed E-state index contributed by atoms with van der Waals surface area (Å²) in [6.07, 6.45) is 1.43. The maximum Gasteiger partial charge on any atom is 0.263 e. The third kappa shape index (κ3) is 3.47. The summed E-state index contributed by atoms with van der Waals surface area (Å²) in [5.41, 5.74) is 2.44. The van der Waals surface area contributed by atoms with E-state index in [4.69, 9.17) is 0 Å². The van der Waals surface area contributed by atoms with Gasteiger partial charge in [0.1, 0.15) is 5.84 Å². The van der Waals surface area contributed by atoms with Gasteiger partial charge in [0, 0.05) is 24.2 Å². The maximum absolute atomic E-state index is 12.6. The zero-order valence-corrected chi connectivity index (χ0v) is 15.9. The average molecular weight is 383 g/mol. The number of rotatable bonds is 2. The Balaban J connectivity index is 1.45. The minimum atomic E-state index is -3.51.